The van der Waals surface area contributed by atoms with E-state index < -0.39 is 0 Å². The highest BCUT2D eigenvalue weighted by Gasteiger charge is 2.30. The zero-order valence-corrected chi connectivity index (χ0v) is 15.7. The lowest BCUT2D eigenvalue weighted by Gasteiger charge is -2.41. The SMILES string of the molecule is CCN1CCN([C@@H](c2cccs2)[C@H](C)NC(=O)CC(C)C)CC1. The van der Waals surface area contributed by atoms with Crippen LogP contribution >= 0.6 is 11.3 Å². The number of carbonyl (C=O) groups excluding carboxylic acids is 1. The first-order valence-electron chi connectivity index (χ1n) is 8.80. The summed E-state index contributed by atoms with van der Waals surface area (Å²) in [4.78, 5) is 18.6. The average molecular weight is 338 g/mol. The molecule has 0 saturated carbocycles. The summed E-state index contributed by atoms with van der Waals surface area (Å²) in [7, 11) is 0. The fraction of sp³-hybridized carbons (Fsp3) is 0.722. The fourth-order valence-electron chi connectivity index (χ4n) is 3.32. The zero-order valence-electron chi connectivity index (χ0n) is 14.9. The van der Waals surface area contributed by atoms with Crippen LogP contribution < -0.4 is 5.32 Å². The largest absolute Gasteiger partial charge is 0.352 e. The summed E-state index contributed by atoms with van der Waals surface area (Å²) in [5.41, 5.74) is 0. The molecule has 2 heterocycles. The minimum absolute atomic E-state index is 0.132. The highest BCUT2D eigenvalue weighted by molar-refractivity contribution is 7.10. The van der Waals surface area contributed by atoms with Gasteiger partial charge in [0.1, 0.15) is 0 Å². The van der Waals surface area contributed by atoms with Crippen LogP contribution in [-0.4, -0.2) is 54.5 Å². The van der Waals surface area contributed by atoms with Crippen molar-refractivity contribution < 1.29 is 4.79 Å². The van der Waals surface area contributed by atoms with Crippen molar-refractivity contribution in [2.75, 3.05) is 32.7 Å². The van der Waals surface area contributed by atoms with E-state index >= 15 is 0 Å². The molecule has 1 saturated heterocycles. The molecule has 4 nitrogen and oxygen atoms in total. The van der Waals surface area contributed by atoms with Crippen molar-refractivity contribution in [1.29, 1.82) is 0 Å². The summed E-state index contributed by atoms with van der Waals surface area (Å²) >= 11 is 1.79. The van der Waals surface area contributed by atoms with E-state index in [0.29, 0.717) is 12.3 Å². The van der Waals surface area contributed by atoms with Crippen molar-refractivity contribution in [2.24, 2.45) is 5.92 Å². The van der Waals surface area contributed by atoms with Gasteiger partial charge in [-0.25, -0.2) is 0 Å². The van der Waals surface area contributed by atoms with Crippen LogP contribution in [0.3, 0.4) is 0 Å². The quantitative estimate of drug-likeness (QED) is 0.831. The van der Waals surface area contributed by atoms with Crippen LogP contribution in [0.4, 0.5) is 0 Å². The molecule has 0 bridgehead atoms. The normalized spacial score (nSPS) is 19.7. The minimum Gasteiger partial charge on any atom is -0.352 e. The van der Waals surface area contributed by atoms with Crippen LogP contribution in [-0.2, 0) is 4.79 Å². The minimum atomic E-state index is 0.132. The molecule has 1 fully saturated rings. The zero-order chi connectivity index (χ0) is 16.8. The van der Waals surface area contributed by atoms with Gasteiger partial charge in [-0.15, -0.1) is 11.3 Å². The second-order valence-corrected chi connectivity index (χ2v) is 7.86. The van der Waals surface area contributed by atoms with E-state index in [0.717, 1.165) is 32.7 Å². The molecule has 23 heavy (non-hydrogen) atoms. The number of amides is 1. The molecule has 2 atom stereocenters. The van der Waals surface area contributed by atoms with Crippen LogP contribution in [0.1, 0.15) is 45.0 Å². The monoisotopic (exact) mass is 337 g/mol. The first-order valence-corrected chi connectivity index (χ1v) is 9.68. The molecule has 0 aliphatic carbocycles. The Hall–Kier alpha value is -0.910. The third-order valence-electron chi connectivity index (χ3n) is 4.54. The molecule has 5 heteroatoms. The molecule has 0 radical (unpaired) electrons. The van der Waals surface area contributed by atoms with Gasteiger partial charge in [0.15, 0.2) is 0 Å². The number of hydrogen-bond acceptors (Lipinski definition) is 4. The standard InChI is InChI=1S/C18H31N3OS/c1-5-20-8-10-21(11-9-20)18(16-7-6-12-23-16)15(4)19-17(22)13-14(2)3/h6-7,12,14-15,18H,5,8-11,13H2,1-4H3,(H,19,22)/t15-,18+/m0/s1. The molecule has 1 aromatic rings. The Morgan fingerprint density at radius 1 is 1.26 bits per heavy atom. The van der Waals surface area contributed by atoms with Gasteiger partial charge in [-0.2, -0.15) is 0 Å². The maximum Gasteiger partial charge on any atom is 0.220 e. The third-order valence-corrected chi connectivity index (χ3v) is 5.48. The third kappa shape index (κ3) is 5.30. The predicted molar refractivity (Wildman–Crippen MR) is 97.8 cm³/mol. The van der Waals surface area contributed by atoms with Crippen molar-refractivity contribution >= 4 is 17.2 Å². The maximum atomic E-state index is 12.2. The highest BCUT2D eigenvalue weighted by atomic mass is 32.1. The smallest absolute Gasteiger partial charge is 0.220 e. The Labute approximate surface area is 144 Å². The number of hydrogen-bond donors (Lipinski definition) is 1. The van der Waals surface area contributed by atoms with Crippen molar-refractivity contribution in [3.05, 3.63) is 22.4 Å². The van der Waals surface area contributed by atoms with Gasteiger partial charge in [0.05, 0.1) is 6.04 Å². The van der Waals surface area contributed by atoms with Gasteiger partial charge in [-0.3, -0.25) is 9.69 Å². The summed E-state index contributed by atoms with van der Waals surface area (Å²) in [5, 5.41) is 5.37. The van der Waals surface area contributed by atoms with Gasteiger partial charge in [-0.1, -0.05) is 26.8 Å². The van der Waals surface area contributed by atoms with Crippen molar-refractivity contribution in [3.63, 3.8) is 0 Å². The van der Waals surface area contributed by atoms with Crippen LogP contribution in [0.15, 0.2) is 17.5 Å². The lowest BCUT2D eigenvalue weighted by molar-refractivity contribution is -0.122. The predicted octanol–water partition coefficient (Wildman–Crippen LogP) is 2.98. The van der Waals surface area contributed by atoms with E-state index in [9.17, 15) is 4.79 Å². The summed E-state index contributed by atoms with van der Waals surface area (Å²) in [5.74, 6) is 0.566. The number of thiophene rings is 1. The van der Waals surface area contributed by atoms with Gasteiger partial charge in [0.2, 0.25) is 5.91 Å². The van der Waals surface area contributed by atoms with E-state index in [2.05, 4.69) is 60.3 Å². The van der Waals surface area contributed by atoms with Gasteiger partial charge in [0.25, 0.3) is 0 Å². The number of rotatable bonds is 7. The first kappa shape index (κ1) is 18.4. The molecule has 1 N–H and O–H groups in total. The number of likely N-dealkylation sites (N-methyl/N-ethyl adjacent to an activating group) is 1. The lowest BCUT2D eigenvalue weighted by atomic mass is 10.0. The molecular formula is C18H31N3OS. The fourth-order valence-corrected chi connectivity index (χ4v) is 4.29. The van der Waals surface area contributed by atoms with Crippen LogP contribution in [0, 0.1) is 5.92 Å². The number of carbonyl (C=O) groups is 1. The van der Waals surface area contributed by atoms with Gasteiger partial charge in [-0.05, 0) is 30.8 Å². The Kier molecular flexibility index (Phi) is 7.06. The van der Waals surface area contributed by atoms with Gasteiger partial charge < -0.3 is 10.2 Å². The first-order chi connectivity index (χ1) is 11.0. The van der Waals surface area contributed by atoms with E-state index in [4.69, 9.17) is 0 Å². The van der Waals surface area contributed by atoms with E-state index in [1.54, 1.807) is 11.3 Å². The molecule has 2 rings (SSSR count). The molecule has 1 amide bonds. The average Bonchev–Trinajstić information content (AvgIpc) is 3.01. The molecule has 0 aromatic carbocycles. The second-order valence-electron chi connectivity index (χ2n) is 6.88. The Bertz CT molecular complexity index is 467. The van der Waals surface area contributed by atoms with Crippen molar-refractivity contribution in [2.45, 2.75) is 46.2 Å². The van der Waals surface area contributed by atoms with E-state index in [-0.39, 0.29) is 18.0 Å². The number of piperazine rings is 1. The molecule has 1 aliphatic rings. The number of nitrogens with zero attached hydrogens (tertiary/aromatic N) is 2. The molecule has 1 aromatic heterocycles. The maximum absolute atomic E-state index is 12.2. The van der Waals surface area contributed by atoms with Crippen molar-refractivity contribution in [1.82, 2.24) is 15.1 Å². The topological polar surface area (TPSA) is 35.6 Å². The molecule has 0 unspecified atom stereocenters. The second kappa shape index (κ2) is 8.81. The summed E-state index contributed by atoms with van der Waals surface area (Å²) < 4.78 is 0. The van der Waals surface area contributed by atoms with E-state index in [1.807, 2.05) is 0 Å². The summed E-state index contributed by atoms with van der Waals surface area (Å²) in [6.07, 6.45) is 0.602. The summed E-state index contributed by atoms with van der Waals surface area (Å²) in [6, 6.07) is 4.73. The highest BCUT2D eigenvalue weighted by Crippen LogP contribution is 2.29. The molecule has 1 aliphatic heterocycles. The van der Waals surface area contributed by atoms with E-state index in [1.165, 1.54) is 4.88 Å². The molecular weight excluding hydrogens is 306 g/mol. The van der Waals surface area contributed by atoms with Gasteiger partial charge in [0, 0.05) is 43.5 Å². The van der Waals surface area contributed by atoms with Crippen molar-refractivity contribution in [3.8, 4) is 0 Å². The van der Waals surface area contributed by atoms with Crippen LogP contribution in [0.2, 0.25) is 0 Å². The Balaban J connectivity index is 2.04. The number of nitrogens with one attached hydrogen (secondary N) is 1. The molecule has 0 spiro atoms. The Morgan fingerprint density at radius 2 is 1.96 bits per heavy atom. The van der Waals surface area contributed by atoms with Gasteiger partial charge >= 0.3 is 0 Å². The van der Waals surface area contributed by atoms with Crippen LogP contribution in [0.25, 0.3) is 0 Å². The van der Waals surface area contributed by atoms with Crippen LogP contribution in [0.5, 0.6) is 0 Å². The summed E-state index contributed by atoms with van der Waals surface area (Å²) in [6.45, 7) is 14.0. The molecule has 130 valence electrons. The Morgan fingerprint density at radius 3 is 2.48 bits per heavy atom. The lowest BCUT2D eigenvalue weighted by Crippen LogP contribution is -2.52.